The Balaban J connectivity index is 3.25. The Kier molecular flexibility index (Phi) is 4.31. The summed E-state index contributed by atoms with van der Waals surface area (Å²) < 4.78 is 23.2. The van der Waals surface area contributed by atoms with Crippen LogP contribution in [0.3, 0.4) is 0 Å². The van der Waals surface area contributed by atoms with Crippen molar-refractivity contribution in [2.45, 2.75) is 17.9 Å². The van der Waals surface area contributed by atoms with Gasteiger partial charge >= 0.3 is 5.97 Å². The second kappa shape index (κ2) is 5.40. The first-order valence-electron chi connectivity index (χ1n) is 5.45. The van der Waals surface area contributed by atoms with Gasteiger partial charge in [-0.1, -0.05) is 12.1 Å². The van der Waals surface area contributed by atoms with E-state index in [2.05, 4.69) is 0 Å². The zero-order chi connectivity index (χ0) is 14.8. The van der Waals surface area contributed by atoms with E-state index in [1.54, 1.807) is 0 Å². The molecule has 1 unspecified atom stereocenters. The molecular formula is C12H15NO5S. The highest BCUT2D eigenvalue weighted by Gasteiger charge is 2.26. The summed E-state index contributed by atoms with van der Waals surface area (Å²) in [6, 6.07) is 4.68. The number of likely N-dealkylation sites (N-methyl/N-ethyl adjacent to an activating group) is 1. The van der Waals surface area contributed by atoms with Gasteiger partial charge in [-0.2, -0.15) is 0 Å². The van der Waals surface area contributed by atoms with Crippen molar-refractivity contribution in [2.75, 3.05) is 13.3 Å². The minimum Gasteiger partial charge on any atom is -0.480 e. The van der Waals surface area contributed by atoms with E-state index in [0.717, 1.165) is 11.2 Å². The van der Waals surface area contributed by atoms with Crippen LogP contribution in [-0.2, 0) is 14.6 Å². The number of hydrogen-bond acceptors (Lipinski definition) is 4. The van der Waals surface area contributed by atoms with Crippen LogP contribution in [0.25, 0.3) is 0 Å². The molecule has 0 heterocycles. The molecule has 1 amide bonds. The zero-order valence-corrected chi connectivity index (χ0v) is 11.6. The fourth-order valence-electron chi connectivity index (χ4n) is 1.50. The number of sulfone groups is 1. The first kappa shape index (κ1) is 15.2. The lowest BCUT2D eigenvalue weighted by atomic mass is 10.2. The van der Waals surface area contributed by atoms with Crippen LogP contribution in [0.15, 0.2) is 29.2 Å². The van der Waals surface area contributed by atoms with Crippen molar-refractivity contribution in [1.29, 1.82) is 0 Å². The normalized spacial score (nSPS) is 12.8. The smallest absolute Gasteiger partial charge is 0.326 e. The van der Waals surface area contributed by atoms with E-state index in [-0.39, 0.29) is 10.5 Å². The summed E-state index contributed by atoms with van der Waals surface area (Å²) in [6.07, 6.45) is 1.000. The molecule has 1 aromatic rings. The van der Waals surface area contributed by atoms with Gasteiger partial charge in [0.05, 0.1) is 10.5 Å². The summed E-state index contributed by atoms with van der Waals surface area (Å²) in [4.78, 5) is 23.9. The molecule has 104 valence electrons. The van der Waals surface area contributed by atoms with Gasteiger partial charge in [-0.3, -0.25) is 4.79 Å². The van der Waals surface area contributed by atoms with Crippen LogP contribution < -0.4 is 0 Å². The predicted molar refractivity (Wildman–Crippen MR) is 68.7 cm³/mol. The maximum atomic E-state index is 12.2. The van der Waals surface area contributed by atoms with Crippen LogP contribution in [0, 0.1) is 0 Å². The zero-order valence-electron chi connectivity index (χ0n) is 10.8. The van der Waals surface area contributed by atoms with Gasteiger partial charge in [-0.05, 0) is 19.1 Å². The fourth-order valence-corrected chi connectivity index (χ4v) is 2.38. The van der Waals surface area contributed by atoms with Crippen LogP contribution in [0.1, 0.15) is 17.3 Å². The SMILES string of the molecule is CC(C(=O)O)N(C)C(=O)c1ccccc1S(C)(=O)=O. The van der Waals surface area contributed by atoms with Gasteiger partial charge in [-0.15, -0.1) is 0 Å². The van der Waals surface area contributed by atoms with E-state index < -0.39 is 27.8 Å². The van der Waals surface area contributed by atoms with Gasteiger partial charge in [0.1, 0.15) is 6.04 Å². The van der Waals surface area contributed by atoms with Gasteiger partial charge < -0.3 is 10.0 Å². The molecule has 0 saturated carbocycles. The third kappa shape index (κ3) is 3.31. The topological polar surface area (TPSA) is 91.8 Å². The molecule has 1 atom stereocenters. The number of carbonyl (C=O) groups excluding carboxylic acids is 1. The molecule has 0 fully saturated rings. The van der Waals surface area contributed by atoms with E-state index in [4.69, 9.17) is 5.11 Å². The molecule has 0 radical (unpaired) electrons. The van der Waals surface area contributed by atoms with Gasteiger partial charge in [0.15, 0.2) is 9.84 Å². The first-order valence-corrected chi connectivity index (χ1v) is 7.34. The molecule has 0 aliphatic carbocycles. The third-order valence-corrected chi connectivity index (χ3v) is 3.93. The van der Waals surface area contributed by atoms with Crippen LogP contribution in [0.2, 0.25) is 0 Å². The molecule has 0 spiro atoms. The third-order valence-electron chi connectivity index (χ3n) is 2.78. The lowest BCUT2D eigenvalue weighted by Crippen LogP contribution is -2.40. The lowest BCUT2D eigenvalue weighted by molar-refractivity contribution is -0.141. The average Bonchev–Trinajstić information content (AvgIpc) is 2.35. The molecule has 7 heteroatoms. The number of nitrogens with zero attached hydrogens (tertiary/aromatic N) is 1. The monoisotopic (exact) mass is 285 g/mol. The summed E-state index contributed by atoms with van der Waals surface area (Å²) in [6.45, 7) is 1.35. The number of hydrogen-bond donors (Lipinski definition) is 1. The fraction of sp³-hybridized carbons (Fsp3) is 0.333. The highest BCUT2D eigenvalue weighted by atomic mass is 32.2. The predicted octanol–water partition coefficient (Wildman–Crippen LogP) is 0.635. The van der Waals surface area contributed by atoms with Crippen LogP contribution in [0.5, 0.6) is 0 Å². The number of carboxylic acid groups (broad SMARTS) is 1. The van der Waals surface area contributed by atoms with E-state index in [9.17, 15) is 18.0 Å². The Hall–Kier alpha value is -1.89. The minimum atomic E-state index is -3.55. The highest BCUT2D eigenvalue weighted by molar-refractivity contribution is 7.90. The molecular weight excluding hydrogens is 270 g/mol. The van der Waals surface area contributed by atoms with E-state index in [0.29, 0.717) is 0 Å². The average molecular weight is 285 g/mol. The van der Waals surface area contributed by atoms with Crippen LogP contribution >= 0.6 is 0 Å². The first-order chi connectivity index (χ1) is 8.66. The second-order valence-corrected chi connectivity index (χ2v) is 6.18. The Morgan fingerprint density at radius 1 is 1.26 bits per heavy atom. The Morgan fingerprint density at radius 2 is 1.79 bits per heavy atom. The Labute approximate surface area is 111 Å². The lowest BCUT2D eigenvalue weighted by Gasteiger charge is -2.22. The summed E-state index contributed by atoms with van der Waals surface area (Å²) in [5, 5.41) is 8.87. The molecule has 0 saturated heterocycles. The van der Waals surface area contributed by atoms with Crippen molar-refractivity contribution < 1.29 is 23.1 Å². The van der Waals surface area contributed by atoms with Crippen LogP contribution in [-0.4, -0.2) is 49.6 Å². The number of rotatable bonds is 4. The summed E-state index contributed by atoms with van der Waals surface area (Å²) >= 11 is 0. The Morgan fingerprint density at radius 3 is 2.26 bits per heavy atom. The molecule has 0 aromatic heterocycles. The number of aliphatic carboxylic acids is 1. The molecule has 0 bridgehead atoms. The van der Waals surface area contributed by atoms with E-state index in [1.165, 1.54) is 38.2 Å². The molecule has 1 N–H and O–H groups in total. The quantitative estimate of drug-likeness (QED) is 0.876. The van der Waals surface area contributed by atoms with Crippen LogP contribution in [0.4, 0.5) is 0 Å². The largest absolute Gasteiger partial charge is 0.480 e. The Bertz CT molecular complexity index is 608. The highest BCUT2D eigenvalue weighted by Crippen LogP contribution is 2.17. The molecule has 19 heavy (non-hydrogen) atoms. The van der Waals surface area contributed by atoms with Crippen molar-refractivity contribution in [3.63, 3.8) is 0 Å². The molecule has 0 aliphatic heterocycles. The van der Waals surface area contributed by atoms with Gasteiger partial charge in [0.2, 0.25) is 0 Å². The van der Waals surface area contributed by atoms with Gasteiger partial charge in [0.25, 0.3) is 5.91 Å². The van der Waals surface area contributed by atoms with E-state index in [1.807, 2.05) is 0 Å². The number of benzene rings is 1. The molecule has 1 aromatic carbocycles. The minimum absolute atomic E-state index is 0.0272. The summed E-state index contributed by atoms with van der Waals surface area (Å²) in [5.41, 5.74) is -0.0272. The number of amides is 1. The van der Waals surface area contributed by atoms with Crippen molar-refractivity contribution in [1.82, 2.24) is 4.90 Å². The van der Waals surface area contributed by atoms with Gasteiger partial charge in [-0.25, -0.2) is 13.2 Å². The maximum absolute atomic E-state index is 12.2. The van der Waals surface area contributed by atoms with E-state index >= 15 is 0 Å². The van der Waals surface area contributed by atoms with Gasteiger partial charge in [0, 0.05) is 13.3 Å². The molecule has 6 nitrogen and oxygen atoms in total. The number of carbonyl (C=O) groups is 2. The maximum Gasteiger partial charge on any atom is 0.326 e. The van der Waals surface area contributed by atoms with Crippen molar-refractivity contribution in [2.24, 2.45) is 0 Å². The molecule has 0 aliphatic rings. The second-order valence-electron chi connectivity index (χ2n) is 4.20. The molecule has 1 rings (SSSR count). The van der Waals surface area contributed by atoms with Crippen molar-refractivity contribution in [3.8, 4) is 0 Å². The number of carboxylic acids is 1. The van der Waals surface area contributed by atoms with Crippen molar-refractivity contribution in [3.05, 3.63) is 29.8 Å². The summed E-state index contributed by atoms with van der Waals surface area (Å²) in [5.74, 6) is -1.80. The van der Waals surface area contributed by atoms with Crippen molar-refractivity contribution >= 4 is 21.7 Å². The summed E-state index contributed by atoms with van der Waals surface area (Å²) in [7, 11) is -2.23. The standard InChI is InChI=1S/C12H15NO5S/c1-8(12(15)16)13(2)11(14)9-6-4-5-7-10(9)19(3,17)18/h4-8H,1-3H3,(H,15,16).